The molecule has 0 bridgehead atoms. The molecular formula is C18H15ClN4O3. The van der Waals surface area contributed by atoms with Gasteiger partial charge in [0.1, 0.15) is 5.56 Å². The Morgan fingerprint density at radius 3 is 2.73 bits per heavy atom. The molecule has 132 valence electrons. The molecule has 1 aromatic carbocycles. The van der Waals surface area contributed by atoms with Crippen LogP contribution in [-0.2, 0) is 13.1 Å². The topological polar surface area (TPSA) is 96.8 Å². The van der Waals surface area contributed by atoms with Gasteiger partial charge in [-0.2, -0.15) is 0 Å². The summed E-state index contributed by atoms with van der Waals surface area (Å²) in [5.41, 5.74) is -0.0482. The molecule has 0 aliphatic rings. The molecule has 8 heteroatoms. The minimum absolute atomic E-state index is 0.0302. The van der Waals surface area contributed by atoms with Gasteiger partial charge in [-0.15, -0.1) is 0 Å². The summed E-state index contributed by atoms with van der Waals surface area (Å²) >= 11 is 6.09. The molecule has 0 saturated carbocycles. The maximum absolute atomic E-state index is 12.6. The summed E-state index contributed by atoms with van der Waals surface area (Å²) in [4.78, 5) is 43.3. The number of aromatic nitrogens is 3. The largest absolute Gasteiger partial charge is 0.348 e. The van der Waals surface area contributed by atoms with Crippen molar-refractivity contribution in [3.8, 4) is 0 Å². The molecule has 3 aromatic rings. The molecule has 0 atom stereocenters. The zero-order valence-corrected chi connectivity index (χ0v) is 14.4. The number of rotatable bonds is 5. The first-order valence-electron chi connectivity index (χ1n) is 7.79. The van der Waals surface area contributed by atoms with Gasteiger partial charge in [0.25, 0.3) is 11.5 Å². The van der Waals surface area contributed by atoms with Crippen molar-refractivity contribution < 1.29 is 4.79 Å². The number of aromatic amines is 1. The Morgan fingerprint density at radius 1 is 1.19 bits per heavy atom. The maximum atomic E-state index is 12.6. The molecule has 0 saturated heterocycles. The van der Waals surface area contributed by atoms with E-state index in [0.717, 1.165) is 16.3 Å². The van der Waals surface area contributed by atoms with Crippen LogP contribution in [0.4, 0.5) is 0 Å². The molecule has 0 radical (unpaired) electrons. The van der Waals surface area contributed by atoms with Gasteiger partial charge in [0.15, 0.2) is 0 Å². The SMILES string of the molecule is O=C(NCc1cccnc1)c1c[nH]c(=O)n(Cc2ccccc2Cl)c1=O. The lowest BCUT2D eigenvalue weighted by molar-refractivity contribution is 0.0948. The van der Waals surface area contributed by atoms with Gasteiger partial charge in [0.05, 0.1) is 6.54 Å². The number of nitrogens with one attached hydrogen (secondary N) is 2. The lowest BCUT2D eigenvalue weighted by atomic mass is 10.2. The van der Waals surface area contributed by atoms with E-state index in [0.29, 0.717) is 10.6 Å². The Morgan fingerprint density at radius 2 is 2.00 bits per heavy atom. The summed E-state index contributed by atoms with van der Waals surface area (Å²) in [6.07, 6.45) is 4.36. The van der Waals surface area contributed by atoms with Crippen molar-refractivity contribution in [2.24, 2.45) is 0 Å². The van der Waals surface area contributed by atoms with Crippen molar-refractivity contribution in [2.45, 2.75) is 13.1 Å². The highest BCUT2D eigenvalue weighted by Gasteiger charge is 2.15. The van der Waals surface area contributed by atoms with Crippen LogP contribution in [0.5, 0.6) is 0 Å². The van der Waals surface area contributed by atoms with E-state index in [4.69, 9.17) is 11.6 Å². The minimum atomic E-state index is -0.683. The summed E-state index contributed by atoms with van der Waals surface area (Å²) in [7, 11) is 0. The van der Waals surface area contributed by atoms with Crippen LogP contribution in [-0.4, -0.2) is 20.4 Å². The molecule has 0 fully saturated rings. The summed E-state index contributed by atoms with van der Waals surface area (Å²) in [5, 5.41) is 3.07. The lowest BCUT2D eigenvalue weighted by Crippen LogP contribution is -2.40. The van der Waals surface area contributed by atoms with Gasteiger partial charge in [0, 0.05) is 30.2 Å². The van der Waals surface area contributed by atoms with Crippen LogP contribution in [0.1, 0.15) is 21.5 Å². The average molecular weight is 371 g/mol. The van der Waals surface area contributed by atoms with Gasteiger partial charge in [0.2, 0.25) is 0 Å². The third-order valence-electron chi connectivity index (χ3n) is 3.77. The summed E-state index contributed by atoms with van der Waals surface area (Å²) in [6, 6.07) is 10.4. The number of pyridine rings is 1. The molecule has 3 rings (SSSR count). The third kappa shape index (κ3) is 3.89. The van der Waals surface area contributed by atoms with Gasteiger partial charge >= 0.3 is 5.69 Å². The zero-order chi connectivity index (χ0) is 18.5. The highest BCUT2D eigenvalue weighted by molar-refractivity contribution is 6.31. The van der Waals surface area contributed by atoms with Crippen LogP contribution in [0.3, 0.4) is 0 Å². The van der Waals surface area contributed by atoms with Crippen LogP contribution in [0, 0.1) is 0 Å². The number of amides is 1. The molecule has 26 heavy (non-hydrogen) atoms. The number of carbonyl (C=O) groups excluding carboxylic acids is 1. The van der Waals surface area contributed by atoms with Gasteiger partial charge in [-0.05, 0) is 23.3 Å². The number of hydrogen-bond donors (Lipinski definition) is 2. The third-order valence-corrected chi connectivity index (χ3v) is 4.14. The summed E-state index contributed by atoms with van der Waals surface area (Å²) in [5.74, 6) is -0.581. The average Bonchev–Trinajstić information content (AvgIpc) is 2.65. The first-order valence-corrected chi connectivity index (χ1v) is 8.17. The normalized spacial score (nSPS) is 10.5. The highest BCUT2D eigenvalue weighted by atomic mass is 35.5. The molecule has 0 spiro atoms. The standard InChI is InChI=1S/C18H15ClN4O3/c19-15-6-2-1-5-13(15)11-23-17(25)14(10-22-18(23)26)16(24)21-9-12-4-3-7-20-8-12/h1-8,10H,9,11H2,(H,21,24)(H,22,26). The Balaban J connectivity index is 1.85. The number of H-pyrrole nitrogens is 1. The van der Waals surface area contributed by atoms with E-state index in [9.17, 15) is 14.4 Å². The van der Waals surface area contributed by atoms with Gasteiger partial charge < -0.3 is 10.3 Å². The second-order valence-corrected chi connectivity index (χ2v) is 5.94. The Labute approximate surface area is 153 Å². The molecule has 1 amide bonds. The van der Waals surface area contributed by atoms with Crippen molar-refractivity contribution >= 4 is 17.5 Å². The quantitative estimate of drug-likeness (QED) is 0.712. The zero-order valence-electron chi connectivity index (χ0n) is 13.6. The smallest absolute Gasteiger partial charge is 0.328 e. The van der Waals surface area contributed by atoms with E-state index in [1.165, 1.54) is 0 Å². The molecule has 2 N–H and O–H groups in total. The van der Waals surface area contributed by atoms with Crippen molar-refractivity contribution in [3.63, 3.8) is 0 Å². The fourth-order valence-corrected chi connectivity index (χ4v) is 2.59. The number of nitrogens with zero attached hydrogens (tertiary/aromatic N) is 2. The van der Waals surface area contributed by atoms with Gasteiger partial charge in [-0.25, -0.2) is 4.79 Å². The molecule has 2 aromatic heterocycles. The molecule has 0 aliphatic carbocycles. The van der Waals surface area contributed by atoms with Crippen LogP contribution in [0.15, 0.2) is 64.6 Å². The van der Waals surface area contributed by atoms with E-state index < -0.39 is 17.2 Å². The first kappa shape index (κ1) is 17.6. The lowest BCUT2D eigenvalue weighted by Gasteiger charge is -2.09. The molecule has 0 unspecified atom stereocenters. The van der Waals surface area contributed by atoms with Crippen molar-refractivity contribution in [3.05, 3.63) is 97.5 Å². The number of carbonyl (C=O) groups is 1. The van der Waals surface area contributed by atoms with E-state index in [1.807, 2.05) is 0 Å². The fourth-order valence-electron chi connectivity index (χ4n) is 2.39. The second kappa shape index (κ2) is 7.79. The predicted molar refractivity (Wildman–Crippen MR) is 97.3 cm³/mol. The van der Waals surface area contributed by atoms with Crippen molar-refractivity contribution in [1.82, 2.24) is 19.9 Å². The van der Waals surface area contributed by atoms with Crippen molar-refractivity contribution in [2.75, 3.05) is 0 Å². The number of benzene rings is 1. The summed E-state index contributed by atoms with van der Waals surface area (Å²) < 4.78 is 0.945. The van der Waals surface area contributed by atoms with E-state index in [-0.39, 0.29) is 18.7 Å². The molecule has 7 nitrogen and oxygen atoms in total. The summed E-state index contributed by atoms with van der Waals surface area (Å²) in [6.45, 7) is 0.188. The Hall–Kier alpha value is -3.19. The predicted octanol–water partition coefficient (Wildman–Crippen LogP) is 1.56. The first-order chi connectivity index (χ1) is 12.6. The van der Waals surface area contributed by atoms with Crippen LogP contribution in [0.2, 0.25) is 5.02 Å². The van der Waals surface area contributed by atoms with Gasteiger partial charge in [-0.3, -0.25) is 19.1 Å². The van der Waals surface area contributed by atoms with Crippen LogP contribution < -0.4 is 16.6 Å². The van der Waals surface area contributed by atoms with Crippen molar-refractivity contribution in [1.29, 1.82) is 0 Å². The maximum Gasteiger partial charge on any atom is 0.328 e. The number of halogens is 1. The minimum Gasteiger partial charge on any atom is -0.348 e. The molecule has 0 aliphatic heterocycles. The van der Waals surface area contributed by atoms with E-state index >= 15 is 0 Å². The fraction of sp³-hybridized carbons (Fsp3) is 0.111. The molecule has 2 heterocycles. The van der Waals surface area contributed by atoms with Crippen LogP contribution in [0.25, 0.3) is 0 Å². The Kier molecular flexibility index (Phi) is 5.28. The van der Waals surface area contributed by atoms with E-state index in [2.05, 4.69) is 15.3 Å². The molecular weight excluding hydrogens is 356 g/mol. The highest BCUT2D eigenvalue weighted by Crippen LogP contribution is 2.14. The monoisotopic (exact) mass is 370 g/mol. The van der Waals surface area contributed by atoms with E-state index in [1.54, 1.807) is 48.8 Å². The Bertz CT molecular complexity index is 1040. The second-order valence-electron chi connectivity index (χ2n) is 5.53. The van der Waals surface area contributed by atoms with Crippen LogP contribution >= 0.6 is 11.6 Å². The van der Waals surface area contributed by atoms with Gasteiger partial charge in [-0.1, -0.05) is 35.9 Å². The number of hydrogen-bond acceptors (Lipinski definition) is 4.